The van der Waals surface area contributed by atoms with Crippen molar-refractivity contribution < 1.29 is 9.59 Å². The lowest BCUT2D eigenvalue weighted by Crippen LogP contribution is -2.33. The highest BCUT2D eigenvalue weighted by molar-refractivity contribution is 6.06. The van der Waals surface area contributed by atoms with Crippen molar-refractivity contribution in [3.05, 3.63) is 24.3 Å². The summed E-state index contributed by atoms with van der Waals surface area (Å²) in [6.07, 6.45) is 28.0. The lowest BCUT2D eigenvalue weighted by Gasteiger charge is -2.16. The number of nitrogens with zero attached hydrogens (tertiary/aromatic N) is 1. The van der Waals surface area contributed by atoms with E-state index in [-0.39, 0.29) is 23.7 Å². The molecule has 0 aromatic heterocycles. The van der Waals surface area contributed by atoms with Crippen LogP contribution < -0.4 is 0 Å². The average molecular weight is 414 g/mol. The highest BCUT2D eigenvalue weighted by Gasteiger charge is 2.58. The van der Waals surface area contributed by atoms with Crippen LogP contribution >= 0.6 is 0 Å². The molecule has 0 aromatic rings. The highest BCUT2D eigenvalue weighted by Crippen LogP contribution is 2.52. The van der Waals surface area contributed by atoms with Crippen molar-refractivity contribution in [3.63, 3.8) is 0 Å². The Labute approximate surface area is 184 Å². The predicted octanol–water partition coefficient (Wildman–Crippen LogP) is 6.83. The molecule has 2 aliphatic carbocycles. The number of imide groups is 1. The monoisotopic (exact) mass is 413 g/mol. The highest BCUT2D eigenvalue weighted by atomic mass is 16.2. The van der Waals surface area contributed by atoms with Crippen LogP contribution in [0.2, 0.25) is 0 Å². The van der Waals surface area contributed by atoms with E-state index in [1.165, 1.54) is 77.0 Å². The number of carbonyl (C=O) groups excluding carboxylic acids is 2. The molecule has 0 spiro atoms. The molecular weight excluding hydrogens is 370 g/mol. The Morgan fingerprint density at radius 1 is 0.733 bits per heavy atom. The number of hydrogen-bond donors (Lipinski definition) is 0. The van der Waals surface area contributed by atoms with Gasteiger partial charge in [-0.05, 0) is 50.4 Å². The zero-order valence-corrected chi connectivity index (χ0v) is 19.2. The van der Waals surface area contributed by atoms with Gasteiger partial charge in [0.1, 0.15) is 0 Å². The molecular formula is C27H43NO2. The minimum absolute atomic E-state index is 0.0275. The summed E-state index contributed by atoms with van der Waals surface area (Å²) in [5, 5.41) is 0. The summed E-state index contributed by atoms with van der Waals surface area (Å²) in [4.78, 5) is 26.9. The molecule has 4 unspecified atom stereocenters. The van der Waals surface area contributed by atoms with Crippen LogP contribution in [0.4, 0.5) is 0 Å². The molecule has 168 valence electrons. The molecule has 1 heterocycles. The minimum atomic E-state index is -0.0275. The number of unbranched alkanes of at least 4 members (excludes halogenated alkanes) is 12. The molecule has 1 saturated carbocycles. The van der Waals surface area contributed by atoms with Crippen molar-refractivity contribution >= 4 is 11.8 Å². The summed E-state index contributed by atoms with van der Waals surface area (Å²) in [7, 11) is 0. The van der Waals surface area contributed by atoms with E-state index >= 15 is 0 Å². The Bertz CT molecular complexity index is 578. The average Bonchev–Trinajstić information content (AvgIpc) is 3.43. The van der Waals surface area contributed by atoms with E-state index in [9.17, 15) is 9.59 Å². The van der Waals surface area contributed by atoms with Crippen molar-refractivity contribution in [3.8, 4) is 0 Å². The number of rotatable bonds is 16. The SMILES string of the molecule is CCCCCCCCC/C=C/CCCCCCCN1C(=O)C2C3C=CC(C3)C2C1=O. The third-order valence-corrected chi connectivity index (χ3v) is 7.46. The zero-order valence-electron chi connectivity index (χ0n) is 19.2. The lowest BCUT2D eigenvalue weighted by molar-refractivity contribution is -0.140. The van der Waals surface area contributed by atoms with E-state index in [1.807, 2.05) is 0 Å². The largest absolute Gasteiger partial charge is 0.282 e. The van der Waals surface area contributed by atoms with Crippen LogP contribution in [0, 0.1) is 23.7 Å². The number of carbonyl (C=O) groups is 2. The van der Waals surface area contributed by atoms with Crippen LogP contribution in [0.3, 0.4) is 0 Å². The minimum Gasteiger partial charge on any atom is -0.282 e. The Kier molecular flexibility index (Phi) is 9.68. The van der Waals surface area contributed by atoms with Gasteiger partial charge in [-0.3, -0.25) is 14.5 Å². The smallest absolute Gasteiger partial charge is 0.233 e. The molecule has 3 rings (SSSR count). The Hall–Kier alpha value is -1.38. The van der Waals surface area contributed by atoms with Crippen molar-refractivity contribution in [1.29, 1.82) is 0 Å². The Morgan fingerprint density at radius 3 is 1.73 bits per heavy atom. The van der Waals surface area contributed by atoms with E-state index < -0.39 is 0 Å². The maximum Gasteiger partial charge on any atom is 0.233 e. The summed E-state index contributed by atoms with van der Waals surface area (Å²) in [5.74, 6) is 0.849. The van der Waals surface area contributed by atoms with Gasteiger partial charge < -0.3 is 0 Å². The molecule has 2 bridgehead atoms. The molecule has 1 aliphatic heterocycles. The Balaban J connectivity index is 1.14. The number of hydrogen-bond acceptors (Lipinski definition) is 2. The fraction of sp³-hybridized carbons (Fsp3) is 0.778. The third-order valence-electron chi connectivity index (χ3n) is 7.46. The van der Waals surface area contributed by atoms with E-state index in [2.05, 4.69) is 31.2 Å². The first-order chi connectivity index (χ1) is 14.7. The molecule has 4 atom stereocenters. The van der Waals surface area contributed by atoms with Crippen LogP contribution in [0.25, 0.3) is 0 Å². The van der Waals surface area contributed by atoms with Gasteiger partial charge in [0.05, 0.1) is 11.8 Å². The topological polar surface area (TPSA) is 37.4 Å². The third kappa shape index (κ3) is 6.08. The lowest BCUT2D eigenvalue weighted by atomic mass is 9.85. The summed E-state index contributed by atoms with van der Waals surface area (Å²) >= 11 is 0. The zero-order chi connectivity index (χ0) is 21.2. The van der Waals surface area contributed by atoms with Crippen molar-refractivity contribution in [2.24, 2.45) is 23.7 Å². The van der Waals surface area contributed by atoms with Gasteiger partial charge in [-0.15, -0.1) is 0 Å². The standard InChI is InChI=1S/C27H43NO2/c1-2-3-4-5-6-7-8-9-10-11-12-13-14-15-16-17-20-28-26(29)24-22-18-19-23(21-22)25(24)27(28)30/h10-11,18-19,22-25H,2-9,12-17,20-21H2,1H3/b11-10+. The fourth-order valence-electron chi connectivity index (χ4n) is 5.70. The molecule has 2 amide bonds. The normalized spacial score (nSPS) is 27.2. The predicted molar refractivity (Wildman–Crippen MR) is 124 cm³/mol. The molecule has 3 nitrogen and oxygen atoms in total. The molecule has 3 heteroatoms. The van der Waals surface area contributed by atoms with Crippen LogP contribution in [0.15, 0.2) is 24.3 Å². The number of amides is 2. The van der Waals surface area contributed by atoms with E-state index in [0.29, 0.717) is 18.4 Å². The van der Waals surface area contributed by atoms with Gasteiger partial charge in [0, 0.05) is 6.54 Å². The summed E-state index contributed by atoms with van der Waals surface area (Å²) in [6, 6.07) is 0. The van der Waals surface area contributed by atoms with Gasteiger partial charge >= 0.3 is 0 Å². The van der Waals surface area contributed by atoms with Crippen LogP contribution in [0.1, 0.15) is 103 Å². The Morgan fingerprint density at radius 2 is 1.20 bits per heavy atom. The second-order valence-electron chi connectivity index (χ2n) is 9.77. The number of allylic oxidation sites excluding steroid dienone is 4. The van der Waals surface area contributed by atoms with Gasteiger partial charge in [-0.1, -0.05) is 89.0 Å². The maximum atomic E-state index is 12.6. The fourth-order valence-corrected chi connectivity index (χ4v) is 5.70. The van der Waals surface area contributed by atoms with Gasteiger partial charge in [0.25, 0.3) is 0 Å². The molecule has 1 saturated heterocycles. The van der Waals surface area contributed by atoms with Gasteiger partial charge in [0.2, 0.25) is 11.8 Å². The molecule has 0 radical (unpaired) electrons. The molecule has 0 N–H and O–H groups in total. The van der Waals surface area contributed by atoms with E-state index in [4.69, 9.17) is 0 Å². The van der Waals surface area contributed by atoms with Crippen molar-refractivity contribution in [2.75, 3.05) is 6.54 Å². The molecule has 0 aromatic carbocycles. The molecule has 2 fully saturated rings. The van der Waals surface area contributed by atoms with Crippen LogP contribution in [-0.2, 0) is 9.59 Å². The first kappa shape index (κ1) is 23.3. The van der Waals surface area contributed by atoms with Crippen LogP contribution in [0.5, 0.6) is 0 Å². The first-order valence-electron chi connectivity index (χ1n) is 12.9. The van der Waals surface area contributed by atoms with E-state index in [0.717, 1.165) is 19.3 Å². The first-order valence-corrected chi connectivity index (χ1v) is 12.9. The maximum absolute atomic E-state index is 12.6. The van der Waals surface area contributed by atoms with Crippen molar-refractivity contribution in [2.45, 2.75) is 103 Å². The number of likely N-dealkylation sites (tertiary alicyclic amines) is 1. The second-order valence-corrected chi connectivity index (χ2v) is 9.77. The summed E-state index contributed by atoms with van der Waals surface area (Å²) in [5.41, 5.74) is 0. The van der Waals surface area contributed by atoms with Gasteiger partial charge in [-0.2, -0.15) is 0 Å². The summed E-state index contributed by atoms with van der Waals surface area (Å²) in [6.45, 7) is 2.91. The second kappa shape index (κ2) is 12.5. The van der Waals surface area contributed by atoms with Crippen LogP contribution in [-0.4, -0.2) is 23.3 Å². The summed E-state index contributed by atoms with van der Waals surface area (Å²) < 4.78 is 0. The van der Waals surface area contributed by atoms with Crippen molar-refractivity contribution in [1.82, 2.24) is 4.90 Å². The molecule has 30 heavy (non-hydrogen) atoms. The van der Waals surface area contributed by atoms with Gasteiger partial charge in [0.15, 0.2) is 0 Å². The van der Waals surface area contributed by atoms with Gasteiger partial charge in [-0.25, -0.2) is 0 Å². The molecule has 3 aliphatic rings. The quantitative estimate of drug-likeness (QED) is 0.158. The van der Waals surface area contributed by atoms with E-state index in [1.54, 1.807) is 4.90 Å². The number of fused-ring (bicyclic) bond motifs is 5.